The van der Waals surface area contributed by atoms with Crippen LogP contribution in [0.5, 0.6) is 5.75 Å². The summed E-state index contributed by atoms with van der Waals surface area (Å²) in [5.74, 6) is 0.153. The Kier molecular flexibility index (Phi) is 6.01. The fourth-order valence-corrected chi connectivity index (χ4v) is 3.66. The maximum absolute atomic E-state index is 13.0. The van der Waals surface area contributed by atoms with Crippen molar-refractivity contribution < 1.29 is 14.2 Å². The van der Waals surface area contributed by atoms with E-state index >= 15 is 0 Å². The van der Waals surface area contributed by atoms with Gasteiger partial charge in [0.2, 0.25) is 5.62 Å². The molecule has 0 saturated heterocycles. The van der Waals surface area contributed by atoms with Crippen molar-refractivity contribution in [3.63, 3.8) is 0 Å². The molecule has 1 heterocycles. The van der Waals surface area contributed by atoms with Crippen molar-refractivity contribution in [2.24, 2.45) is 0 Å². The lowest BCUT2D eigenvalue weighted by Gasteiger charge is -2.14. The second-order valence-electron chi connectivity index (χ2n) is 7.05. The third-order valence-electron chi connectivity index (χ3n) is 4.88. The summed E-state index contributed by atoms with van der Waals surface area (Å²) in [6.45, 7) is 0.819. The minimum Gasteiger partial charge on any atom is -0.491 e. The Morgan fingerprint density at radius 3 is 2.23 bits per heavy atom. The van der Waals surface area contributed by atoms with Gasteiger partial charge in [-0.2, -0.15) is 0 Å². The van der Waals surface area contributed by atoms with Gasteiger partial charge in [0, 0.05) is 4.47 Å². The van der Waals surface area contributed by atoms with E-state index in [1.165, 1.54) is 24.3 Å². The van der Waals surface area contributed by atoms with Gasteiger partial charge in [-0.3, -0.25) is 5.41 Å². The molecule has 4 rings (SSSR count). The smallest absolute Gasteiger partial charge is 0.203 e. The number of hydrogen-bond acceptors (Lipinski definition) is 3. The molecule has 0 aliphatic heterocycles. The van der Waals surface area contributed by atoms with Gasteiger partial charge < -0.3 is 19.0 Å². The Morgan fingerprint density at radius 2 is 1.57 bits per heavy atom. The number of aromatic nitrogens is 2. The van der Waals surface area contributed by atoms with Crippen molar-refractivity contribution >= 4 is 27.0 Å². The summed E-state index contributed by atoms with van der Waals surface area (Å²) in [6.07, 6.45) is -0.823. The maximum atomic E-state index is 13.0. The molecule has 3 aromatic carbocycles. The van der Waals surface area contributed by atoms with E-state index in [-0.39, 0.29) is 19.0 Å². The minimum absolute atomic E-state index is 0.0459. The van der Waals surface area contributed by atoms with Crippen molar-refractivity contribution in [1.29, 1.82) is 5.41 Å². The largest absolute Gasteiger partial charge is 0.491 e. The zero-order valence-electron chi connectivity index (χ0n) is 16.1. The molecule has 2 N–H and O–H groups in total. The highest BCUT2D eigenvalue weighted by molar-refractivity contribution is 9.10. The third kappa shape index (κ3) is 4.47. The molecule has 4 aromatic rings. The average molecular weight is 470 g/mol. The van der Waals surface area contributed by atoms with Crippen LogP contribution in [0, 0.1) is 11.2 Å². The molecule has 0 spiro atoms. The van der Waals surface area contributed by atoms with Crippen LogP contribution in [-0.2, 0) is 13.1 Å². The molecule has 1 aromatic heterocycles. The van der Waals surface area contributed by atoms with Gasteiger partial charge in [0.15, 0.2) is 0 Å². The number of fused-ring (bicyclic) bond motifs is 1. The fourth-order valence-electron chi connectivity index (χ4n) is 3.40. The normalized spacial score (nSPS) is 12.2. The molecule has 1 atom stereocenters. The van der Waals surface area contributed by atoms with E-state index in [4.69, 9.17) is 10.1 Å². The lowest BCUT2D eigenvalue weighted by molar-refractivity contribution is 0.0921. The SMILES string of the molecule is N=c1n(Cc2ccc(Br)cc2)c2ccccc2n1CC(O)COc1ccc(F)cc1. The lowest BCUT2D eigenvalue weighted by Crippen LogP contribution is -2.31. The van der Waals surface area contributed by atoms with E-state index in [0.717, 1.165) is 21.1 Å². The van der Waals surface area contributed by atoms with Crippen LogP contribution < -0.4 is 10.4 Å². The monoisotopic (exact) mass is 469 g/mol. The second kappa shape index (κ2) is 8.85. The molecule has 0 bridgehead atoms. The molecular formula is C23H21BrFN3O2. The van der Waals surface area contributed by atoms with Crippen LogP contribution in [0.25, 0.3) is 11.0 Å². The van der Waals surface area contributed by atoms with Gasteiger partial charge in [-0.25, -0.2) is 4.39 Å². The number of nitrogens with zero attached hydrogens (tertiary/aromatic N) is 2. The molecule has 154 valence electrons. The first-order chi connectivity index (χ1) is 14.5. The Morgan fingerprint density at radius 1 is 0.933 bits per heavy atom. The van der Waals surface area contributed by atoms with Gasteiger partial charge in [0.05, 0.1) is 24.1 Å². The molecule has 7 heteroatoms. The van der Waals surface area contributed by atoms with Gasteiger partial charge in [-0.05, 0) is 54.1 Å². The predicted octanol–water partition coefficient (Wildman–Crippen LogP) is 4.31. The average Bonchev–Trinajstić information content (AvgIpc) is 3.01. The zero-order chi connectivity index (χ0) is 21.1. The lowest BCUT2D eigenvalue weighted by atomic mass is 10.2. The van der Waals surface area contributed by atoms with Gasteiger partial charge >= 0.3 is 0 Å². The topological polar surface area (TPSA) is 63.2 Å². The molecule has 0 aliphatic rings. The van der Waals surface area contributed by atoms with Crippen molar-refractivity contribution in [2.45, 2.75) is 19.2 Å². The minimum atomic E-state index is -0.823. The van der Waals surface area contributed by atoms with E-state index < -0.39 is 6.10 Å². The van der Waals surface area contributed by atoms with Crippen LogP contribution in [-0.4, -0.2) is 27.0 Å². The highest BCUT2D eigenvalue weighted by Gasteiger charge is 2.15. The number of para-hydroxylation sites is 2. The van der Waals surface area contributed by atoms with Gasteiger partial charge in [-0.1, -0.05) is 40.2 Å². The van der Waals surface area contributed by atoms with Crippen LogP contribution in [0.3, 0.4) is 0 Å². The number of imidazole rings is 1. The Hall–Kier alpha value is -2.90. The van der Waals surface area contributed by atoms with E-state index in [0.29, 0.717) is 17.9 Å². The number of nitrogens with one attached hydrogen (secondary N) is 1. The maximum Gasteiger partial charge on any atom is 0.203 e. The first-order valence-electron chi connectivity index (χ1n) is 9.55. The van der Waals surface area contributed by atoms with Crippen LogP contribution >= 0.6 is 15.9 Å². The number of halogens is 2. The number of hydrogen-bond donors (Lipinski definition) is 2. The van der Waals surface area contributed by atoms with Crippen LogP contribution in [0.2, 0.25) is 0 Å². The highest BCUT2D eigenvalue weighted by Crippen LogP contribution is 2.17. The molecule has 0 saturated carbocycles. The fraction of sp³-hybridized carbons (Fsp3) is 0.174. The molecule has 0 aliphatic carbocycles. The van der Waals surface area contributed by atoms with Crippen LogP contribution in [0.1, 0.15) is 5.56 Å². The van der Waals surface area contributed by atoms with Crippen LogP contribution in [0.15, 0.2) is 77.3 Å². The predicted molar refractivity (Wildman–Crippen MR) is 117 cm³/mol. The number of ether oxygens (including phenoxy) is 1. The molecule has 5 nitrogen and oxygen atoms in total. The number of rotatable bonds is 7. The van der Waals surface area contributed by atoms with Gasteiger partial charge in [0.1, 0.15) is 24.3 Å². The summed E-state index contributed by atoms with van der Waals surface area (Å²) >= 11 is 3.45. The van der Waals surface area contributed by atoms with Gasteiger partial charge in [-0.15, -0.1) is 0 Å². The van der Waals surface area contributed by atoms with Crippen molar-refractivity contribution in [3.8, 4) is 5.75 Å². The second-order valence-corrected chi connectivity index (χ2v) is 7.97. The van der Waals surface area contributed by atoms with E-state index in [9.17, 15) is 9.50 Å². The van der Waals surface area contributed by atoms with E-state index in [1.54, 1.807) is 4.57 Å². The van der Waals surface area contributed by atoms with E-state index in [2.05, 4.69) is 15.9 Å². The molecule has 30 heavy (non-hydrogen) atoms. The van der Waals surface area contributed by atoms with Crippen molar-refractivity contribution in [3.05, 3.63) is 94.3 Å². The number of aliphatic hydroxyl groups excluding tert-OH is 1. The molecule has 0 amide bonds. The molecule has 0 fully saturated rings. The van der Waals surface area contributed by atoms with Crippen molar-refractivity contribution in [2.75, 3.05) is 6.61 Å². The third-order valence-corrected chi connectivity index (χ3v) is 5.41. The molecular weight excluding hydrogens is 449 g/mol. The quantitative estimate of drug-likeness (QED) is 0.423. The summed E-state index contributed by atoms with van der Waals surface area (Å²) < 4.78 is 23.3. The number of benzene rings is 3. The molecule has 0 radical (unpaired) electrons. The highest BCUT2D eigenvalue weighted by atomic mass is 79.9. The summed E-state index contributed by atoms with van der Waals surface area (Å²) in [5.41, 5.74) is 3.19. The van der Waals surface area contributed by atoms with Crippen molar-refractivity contribution in [1.82, 2.24) is 9.13 Å². The Labute approximate surface area is 181 Å². The van der Waals surface area contributed by atoms with Gasteiger partial charge in [0.25, 0.3) is 0 Å². The standard InChI is InChI=1S/C23H21BrFN3O2/c24-17-7-5-16(6-8-17)13-27-21-3-1-2-4-22(21)28(23(27)26)14-19(29)15-30-20-11-9-18(25)10-12-20/h1-12,19,26,29H,13-15H2. The Balaban J connectivity index is 1.56. The van der Waals surface area contributed by atoms with Crippen LogP contribution in [0.4, 0.5) is 4.39 Å². The first-order valence-corrected chi connectivity index (χ1v) is 10.3. The summed E-state index contributed by atoms with van der Waals surface area (Å²) in [5, 5.41) is 19.2. The van der Waals surface area contributed by atoms with E-state index in [1.807, 2.05) is 53.1 Å². The first kappa shape index (κ1) is 20.4. The Bertz CT molecular complexity index is 1200. The summed E-state index contributed by atoms with van der Waals surface area (Å²) in [6, 6.07) is 21.5. The molecule has 1 unspecified atom stereocenters. The summed E-state index contributed by atoms with van der Waals surface area (Å²) in [4.78, 5) is 0. The summed E-state index contributed by atoms with van der Waals surface area (Å²) in [7, 11) is 0. The zero-order valence-corrected chi connectivity index (χ0v) is 17.7. The number of aliphatic hydroxyl groups is 1.